The number of carbonyl (C=O) groups is 1. The molecule has 0 aliphatic carbocycles. The van der Waals surface area contributed by atoms with Gasteiger partial charge in [-0.05, 0) is 26.3 Å². The normalized spacial score (nSPS) is 15.4. The van der Waals surface area contributed by atoms with Crippen molar-refractivity contribution in [1.82, 2.24) is 5.32 Å². The quantitative estimate of drug-likeness (QED) is 0.660. The van der Waals surface area contributed by atoms with Crippen molar-refractivity contribution < 1.29 is 4.79 Å². The Labute approximate surface area is 82.1 Å². The standard InChI is InChI=1S/C11H23NO/c1-5-7-10(6-2)8-11(12-4)9(3)13/h10-12H,5-8H2,1-4H3. The lowest BCUT2D eigenvalue weighted by Gasteiger charge is -2.19. The second-order valence-electron chi connectivity index (χ2n) is 3.75. The molecular weight excluding hydrogens is 162 g/mol. The number of Topliss-reactive ketones (excluding diaryl/α,β-unsaturated/α-hetero) is 1. The van der Waals surface area contributed by atoms with E-state index >= 15 is 0 Å². The van der Waals surface area contributed by atoms with Crippen molar-refractivity contribution in [2.45, 2.75) is 52.5 Å². The fraction of sp³-hybridized carbons (Fsp3) is 0.909. The molecule has 0 spiro atoms. The summed E-state index contributed by atoms with van der Waals surface area (Å²) >= 11 is 0. The Hall–Kier alpha value is -0.370. The summed E-state index contributed by atoms with van der Waals surface area (Å²) in [4.78, 5) is 11.2. The van der Waals surface area contributed by atoms with E-state index in [9.17, 15) is 4.79 Å². The first kappa shape index (κ1) is 12.6. The first-order valence-electron chi connectivity index (χ1n) is 5.33. The van der Waals surface area contributed by atoms with Gasteiger partial charge in [0, 0.05) is 0 Å². The van der Waals surface area contributed by atoms with Crippen LogP contribution in [0.25, 0.3) is 0 Å². The lowest BCUT2D eigenvalue weighted by Crippen LogP contribution is -2.34. The predicted molar refractivity (Wildman–Crippen MR) is 56.8 cm³/mol. The molecule has 78 valence electrons. The zero-order valence-corrected chi connectivity index (χ0v) is 9.39. The molecule has 0 heterocycles. The van der Waals surface area contributed by atoms with Crippen LogP contribution in [0.4, 0.5) is 0 Å². The van der Waals surface area contributed by atoms with Crippen LogP contribution in [0.15, 0.2) is 0 Å². The van der Waals surface area contributed by atoms with Crippen molar-refractivity contribution >= 4 is 5.78 Å². The average Bonchev–Trinajstić information content (AvgIpc) is 2.11. The molecule has 2 heteroatoms. The van der Waals surface area contributed by atoms with Crippen molar-refractivity contribution in [2.75, 3.05) is 7.05 Å². The van der Waals surface area contributed by atoms with E-state index < -0.39 is 0 Å². The summed E-state index contributed by atoms with van der Waals surface area (Å²) in [7, 11) is 1.87. The molecule has 0 fully saturated rings. The van der Waals surface area contributed by atoms with Crippen LogP contribution in [0.2, 0.25) is 0 Å². The van der Waals surface area contributed by atoms with E-state index in [2.05, 4.69) is 19.2 Å². The van der Waals surface area contributed by atoms with E-state index in [-0.39, 0.29) is 11.8 Å². The number of likely N-dealkylation sites (N-methyl/N-ethyl adjacent to an activating group) is 1. The molecule has 0 aromatic carbocycles. The summed E-state index contributed by atoms with van der Waals surface area (Å²) in [5, 5.41) is 3.08. The Bertz CT molecular complexity index is 145. The van der Waals surface area contributed by atoms with Crippen molar-refractivity contribution in [3.8, 4) is 0 Å². The van der Waals surface area contributed by atoms with Crippen LogP contribution in [0.1, 0.15) is 46.5 Å². The molecule has 0 radical (unpaired) electrons. The first-order chi connectivity index (χ1) is 6.15. The highest BCUT2D eigenvalue weighted by molar-refractivity contribution is 5.81. The van der Waals surface area contributed by atoms with Gasteiger partial charge in [-0.1, -0.05) is 33.1 Å². The maximum Gasteiger partial charge on any atom is 0.146 e. The summed E-state index contributed by atoms with van der Waals surface area (Å²) in [6.07, 6.45) is 4.63. The van der Waals surface area contributed by atoms with Crippen molar-refractivity contribution in [2.24, 2.45) is 5.92 Å². The number of ketones is 1. The van der Waals surface area contributed by atoms with E-state index in [4.69, 9.17) is 0 Å². The molecule has 0 bridgehead atoms. The number of rotatable bonds is 7. The minimum atomic E-state index is 0.0662. The van der Waals surface area contributed by atoms with Gasteiger partial charge < -0.3 is 5.32 Å². The maximum atomic E-state index is 11.2. The summed E-state index contributed by atoms with van der Waals surface area (Å²) < 4.78 is 0. The Balaban J connectivity index is 3.95. The molecule has 0 aliphatic heterocycles. The van der Waals surface area contributed by atoms with Crippen molar-refractivity contribution in [1.29, 1.82) is 0 Å². The largest absolute Gasteiger partial charge is 0.311 e. The van der Waals surface area contributed by atoms with Crippen molar-refractivity contribution in [3.63, 3.8) is 0 Å². The number of carbonyl (C=O) groups excluding carboxylic acids is 1. The van der Waals surface area contributed by atoms with Gasteiger partial charge in [0.05, 0.1) is 6.04 Å². The molecule has 13 heavy (non-hydrogen) atoms. The molecule has 2 atom stereocenters. The van der Waals surface area contributed by atoms with Crippen LogP contribution in [0.5, 0.6) is 0 Å². The molecule has 0 amide bonds. The molecule has 0 saturated heterocycles. The van der Waals surface area contributed by atoms with E-state index in [1.807, 2.05) is 7.05 Å². The fourth-order valence-corrected chi connectivity index (χ4v) is 1.72. The molecule has 0 saturated carbocycles. The summed E-state index contributed by atoms with van der Waals surface area (Å²) in [5.41, 5.74) is 0. The summed E-state index contributed by atoms with van der Waals surface area (Å²) in [6.45, 7) is 6.07. The Morgan fingerprint density at radius 3 is 2.31 bits per heavy atom. The lowest BCUT2D eigenvalue weighted by molar-refractivity contribution is -0.119. The Morgan fingerprint density at radius 1 is 1.38 bits per heavy atom. The van der Waals surface area contributed by atoms with Gasteiger partial charge in [0.25, 0.3) is 0 Å². The minimum absolute atomic E-state index is 0.0662. The van der Waals surface area contributed by atoms with Crippen LogP contribution < -0.4 is 5.32 Å². The smallest absolute Gasteiger partial charge is 0.146 e. The molecule has 0 aromatic rings. The second kappa shape index (κ2) is 7.07. The van der Waals surface area contributed by atoms with E-state index in [0.717, 1.165) is 6.42 Å². The van der Waals surface area contributed by atoms with Gasteiger partial charge in [0.1, 0.15) is 5.78 Å². The third kappa shape index (κ3) is 5.04. The topological polar surface area (TPSA) is 29.1 Å². The third-order valence-corrected chi connectivity index (χ3v) is 2.68. The van der Waals surface area contributed by atoms with Gasteiger partial charge in [-0.15, -0.1) is 0 Å². The SMILES string of the molecule is CCCC(CC)CC(NC)C(C)=O. The average molecular weight is 185 g/mol. The Kier molecular flexibility index (Phi) is 6.87. The predicted octanol–water partition coefficient (Wildman–Crippen LogP) is 2.38. The third-order valence-electron chi connectivity index (χ3n) is 2.68. The van der Waals surface area contributed by atoms with Gasteiger partial charge in [-0.3, -0.25) is 4.79 Å². The van der Waals surface area contributed by atoms with E-state index in [1.165, 1.54) is 19.3 Å². The first-order valence-corrected chi connectivity index (χ1v) is 5.33. The van der Waals surface area contributed by atoms with Crippen LogP contribution >= 0.6 is 0 Å². The van der Waals surface area contributed by atoms with E-state index in [1.54, 1.807) is 6.92 Å². The molecule has 0 aliphatic rings. The highest BCUT2D eigenvalue weighted by atomic mass is 16.1. The van der Waals surface area contributed by atoms with E-state index in [0.29, 0.717) is 5.92 Å². The molecule has 0 rings (SSSR count). The summed E-state index contributed by atoms with van der Waals surface area (Å²) in [5.74, 6) is 0.961. The summed E-state index contributed by atoms with van der Waals surface area (Å²) in [6, 6.07) is 0.0662. The monoisotopic (exact) mass is 185 g/mol. The van der Waals surface area contributed by atoms with Crippen molar-refractivity contribution in [3.05, 3.63) is 0 Å². The minimum Gasteiger partial charge on any atom is -0.311 e. The zero-order chi connectivity index (χ0) is 10.3. The highest BCUT2D eigenvalue weighted by Gasteiger charge is 2.16. The zero-order valence-electron chi connectivity index (χ0n) is 9.39. The van der Waals surface area contributed by atoms with Crippen LogP contribution in [-0.4, -0.2) is 18.9 Å². The van der Waals surface area contributed by atoms with Crippen LogP contribution in [0, 0.1) is 5.92 Å². The molecule has 2 nitrogen and oxygen atoms in total. The molecule has 0 aromatic heterocycles. The van der Waals surface area contributed by atoms with Gasteiger partial charge in [0.2, 0.25) is 0 Å². The van der Waals surface area contributed by atoms with Crippen LogP contribution in [-0.2, 0) is 4.79 Å². The molecule has 2 unspecified atom stereocenters. The van der Waals surface area contributed by atoms with Crippen LogP contribution in [0.3, 0.4) is 0 Å². The maximum absolute atomic E-state index is 11.2. The molecular formula is C11H23NO. The van der Waals surface area contributed by atoms with Gasteiger partial charge in [0.15, 0.2) is 0 Å². The van der Waals surface area contributed by atoms with Gasteiger partial charge >= 0.3 is 0 Å². The van der Waals surface area contributed by atoms with Gasteiger partial charge in [-0.25, -0.2) is 0 Å². The second-order valence-corrected chi connectivity index (χ2v) is 3.75. The Morgan fingerprint density at radius 2 is 2.00 bits per heavy atom. The fourth-order valence-electron chi connectivity index (χ4n) is 1.72. The number of hydrogen-bond donors (Lipinski definition) is 1. The molecule has 1 N–H and O–H groups in total. The van der Waals surface area contributed by atoms with Gasteiger partial charge in [-0.2, -0.15) is 0 Å². The number of hydrogen-bond acceptors (Lipinski definition) is 2. The highest BCUT2D eigenvalue weighted by Crippen LogP contribution is 2.17. The lowest BCUT2D eigenvalue weighted by atomic mass is 9.91. The number of nitrogens with one attached hydrogen (secondary N) is 1.